The van der Waals surface area contributed by atoms with Crippen molar-refractivity contribution < 1.29 is 14.7 Å². The van der Waals surface area contributed by atoms with E-state index in [1.807, 2.05) is 17.0 Å². The highest BCUT2D eigenvalue weighted by molar-refractivity contribution is 5.32. The van der Waals surface area contributed by atoms with E-state index < -0.39 is 0 Å². The fourth-order valence-electron chi connectivity index (χ4n) is 4.22. The zero-order valence-corrected chi connectivity index (χ0v) is 13.9. The average Bonchev–Trinajstić information content (AvgIpc) is 2.85. The highest BCUT2D eigenvalue weighted by atomic mass is 16.6. The summed E-state index contributed by atoms with van der Waals surface area (Å²) in [7, 11) is 0. The fraction of sp³-hybridized carbons (Fsp3) is 0.667. The molecule has 0 bridgehead atoms. The number of quaternary nitrogens is 2. The SMILES string of the molecule is O=[N+]([O-])c1ccc(C[NH+]2CC[NH+](C3CCCCCC3)CC2)cc1. The molecule has 2 fully saturated rings. The summed E-state index contributed by atoms with van der Waals surface area (Å²) < 4.78 is 0. The standard InChI is InChI=1S/C18H27N3O2/c22-21(23)18-9-7-16(8-10-18)15-19-11-13-20(14-12-19)17-5-3-1-2-4-6-17/h7-10,17H,1-6,11-15H2/p+2. The van der Waals surface area contributed by atoms with Gasteiger partial charge in [-0.3, -0.25) is 10.1 Å². The predicted octanol–water partition coefficient (Wildman–Crippen LogP) is 0.601. The van der Waals surface area contributed by atoms with Crippen molar-refractivity contribution in [3.05, 3.63) is 39.9 Å². The molecule has 1 aromatic rings. The molecule has 126 valence electrons. The van der Waals surface area contributed by atoms with Crippen LogP contribution in [-0.4, -0.2) is 37.1 Å². The van der Waals surface area contributed by atoms with E-state index >= 15 is 0 Å². The number of piperazine rings is 1. The first-order valence-electron chi connectivity index (χ1n) is 9.14. The Bertz CT molecular complexity index is 502. The van der Waals surface area contributed by atoms with E-state index in [0.29, 0.717) is 0 Å². The number of nitro groups is 1. The van der Waals surface area contributed by atoms with Crippen LogP contribution < -0.4 is 9.80 Å². The maximum atomic E-state index is 10.7. The molecule has 2 N–H and O–H groups in total. The lowest BCUT2D eigenvalue weighted by atomic mass is 10.1. The largest absolute Gasteiger partial charge is 0.323 e. The van der Waals surface area contributed by atoms with E-state index in [0.717, 1.165) is 12.6 Å². The van der Waals surface area contributed by atoms with Crippen LogP contribution in [0.1, 0.15) is 44.1 Å². The predicted molar refractivity (Wildman–Crippen MR) is 89.7 cm³/mol. The lowest BCUT2D eigenvalue weighted by molar-refractivity contribution is -1.03. The minimum Gasteiger partial charge on any atom is -0.323 e. The Morgan fingerprint density at radius 1 is 0.957 bits per heavy atom. The van der Waals surface area contributed by atoms with Crippen molar-refractivity contribution in [2.45, 2.75) is 51.1 Å². The third-order valence-electron chi connectivity index (χ3n) is 5.63. The van der Waals surface area contributed by atoms with Crippen LogP contribution in [0.4, 0.5) is 5.69 Å². The molecule has 3 rings (SSSR count). The van der Waals surface area contributed by atoms with Crippen molar-refractivity contribution >= 4 is 5.69 Å². The van der Waals surface area contributed by atoms with Gasteiger partial charge in [0.2, 0.25) is 0 Å². The van der Waals surface area contributed by atoms with Crippen LogP contribution in [0, 0.1) is 10.1 Å². The topological polar surface area (TPSA) is 52.0 Å². The number of nitrogens with zero attached hydrogens (tertiary/aromatic N) is 1. The van der Waals surface area contributed by atoms with Gasteiger partial charge in [0, 0.05) is 17.7 Å². The average molecular weight is 319 g/mol. The minimum atomic E-state index is -0.328. The number of nitrogens with one attached hydrogen (secondary N) is 2. The molecular weight excluding hydrogens is 290 g/mol. The van der Waals surface area contributed by atoms with Gasteiger partial charge in [0.05, 0.1) is 11.0 Å². The number of hydrogen-bond acceptors (Lipinski definition) is 2. The second-order valence-corrected chi connectivity index (χ2v) is 7.20. The molecule has 0 amide bonds. The normalized spacial score (nSPS) is 26.6. The Morgan fingerprint density at radius 3 is 2.13 bits per heavy atom. The fourth-order valence-corrected chi connectivity index (χ4v) is 4.22. The number of rotatable bonds is 4. The van der Waals surface area contributed by atoms with Gasteiger partial charge in [-0.2, -0.15) is 0 Å². The summed E-state index contributed by atoms with van der Waals surface area (Å²) in [5, 5.41) is 10.7. The van der Waals surface area contributed by atoms with Crippen LogP contribution in [0.5, 0.6) is 0 Å². The van der Waals surface area contributed by atoms with Crippen molar-refractivity contribution in [2.24, 2.45) is 0 Å². The molecule has 5 heteroatoms. The Hall–Kier alpha value is -1.46. The molecule has 1 aromatic carbocycles. The third kappa shape index (κ3) is 4.52. The minimum absolute atomic E-state index is 0.186. The molecule has 0 spiro atoms. The molecule has 0 unspecified atom stereocenters. The number of benzene rings is 1. The van der Waals surface area contributed by atoms with E-state index in [4.69, 9.17) is 0 Å². The van der Waals surface area contributed by atoms with Gasteiger partial charge in [0.15, 0.2) is 0 Å². The highest BCUT2D eigenvalue weighted by Gasteiger charge is 2.29. The van der Waals surface area contributed by atoms with E-state index in [2.05, 4.69) is 0 Å². The third-order valence-corrected chi connectivity index (χ3v) is 5.63. The first kappa shape index (κ1) is 16.4. The molecule has 0 atom stereocenters. The van der Waals surface area contributed by atoms with Gasteiger partial charge >= 0.3 is 0 Å². The molecule has 23 heavy (non-hydrogen) atoms. The van der Waals surface area contributed by atoms with Crippen LogP contribution in [0.15, 0.2) is 24.3 Å². The van der Waals surface area contributed by atoms with Gasteiger partial charge in [0.25, 0.3) is 5.69 Å². The van der Waals surface area contributed by atoms with Crippen LogP contribution >= 0.6 is 0 Å². The summed E-state index contributed by atoms with van der Waals surface area (Å²) in [6, 6.07) is 7.98. The van der Waals surface area contributed by atoms with Crippen molar-refractivity contribution in [1.82, 2.24) is 0 Å². The summed E-state index contributed by atoms with van der Waals surface area (Å²) in [5.41, 5.74) is 1.40. The molecule has 0 aromatic heterocycles. The van der Waals surface area contributed by atoms with Crippen LogP contribution in [0.3, 0.4) is 0 Å². The molecular formula is C18H29N3O2+2. The Morgan fingerprint density at radius 2 is 1.57 bits per heavy atom. The Balaban J connectivity index is 1.47. The second-order valence-electron chi connectivity index (χ2n) is 7.20. The van der Waals surface area contributed by atoms with Gasteiger partial charge < -0.3 is 9.80 Å². The van der Waals surface area contributed by atoms with Crippen molar-refractivity contribution in [3.63, 3.8) is 0 Å². The summed E-state index contributed by atoms with van der Waals surface area (Å²) in [4.78, 5) is 13.8. The molecule has 0 radical (unpaired) electrons. The molecule has 1 aliphatic carbocycles. The maximum Gasteiger partial charge on any atom is 0.269 e. The molecule has 5 nitrogen and oxygen atoms in total. The molecule has 1 saturated carbocycles. The van der Waals surface area contributed by atoms with E-state index in [9.17, 15) is 10.1 Å². The van der Waals surface area contributed by atoms with Gasteiger partial charge in [-0.25, -0.2) is 0 Å². The van der Waals surface area contributed by atoms with Gasteiger partial charge in [-0.1, -0.05) is 12.8 Å². The summed E-state index contributed by atoms with van der Waals surface area (Å²) in [6.07, 6.45) is 8.56. The second kappa shape index (κ2) is 7.88. The smallest absolute Gasteiger partial charge is 0.269 e. The van der Waals surface area contributed by atoms with Gasteiger partial charge in [-0.05, 0) is 37.8 Å². The monoisotopic (exact) mass is 319 g/mol. The molecule has 2 aliphatic rings. The summed E-state index contributed by atoms with van der Waals surface area (Å²) >= 11 is 0. The van der Waals surface area contributed by atoms with Gasteiger partial charge in [-0.15, -0.1) is 0 Å². The molecule has 1 aliphatic heterocycles. The van der Waals surface area contributed by atoms with E-state index in [1.54, 1.807) is 17.0 Å². The lowest BCUT2D eigenvalue weighted by Gasteiger charge is -2.34. The van der Waals surface area contributed by atoms with Crippen LogP contribution in [0.2, 0.25) is 0 Å². The molecule has 1 saturated heterocycles. The number of nitro benzene ring substituents is 1. The lowest BCUT2D eigenvalue weighted by Crippen LogP contribution is -3.29. The van der Waals surface area contributed by atoms with Crippen LogP contribution in [-0.2, 0) is 6.54 Å². The van der Waals surface area contributed by atoms with Gasteiger partial charge in [0.1, 0.15) is 32.7 Å². The van der Waals surface area contributed by atoms with Crippen LogP contribution in [0.25, 0.3) is 0 Å². The zero-order chi connectivity index (χ0) is 16.1. The quantitative estimate of drug-likeness (QED) is 0.485. The summed E-state index contributed by atoms with van der Waals surface area (Å²) in [5.74, 6) is 0. The number of non-ortho nitro benzene ring substituents is 1. The highest BCUT2D eigenvalue weighted by Crippen LogP contribution is 2.15. The van der Waals surface area contributed by atoms with E-state index in [-0.39, 0.29) is 10.6 Å². The Labute approximate surface area is 138 Å². The maximum absolute atomic E-state index is 10.7. The van der Waals surface area contributed by atoms with Crippen molar-refractivity contribution in [1.29, 1.82) is 0 Å². The first-order chi connectivity index (χ1) is 11.2. The zero-order valence-electron chi connectivity index (χ0n) is 13.9. The summed E-state index contributed by atoms with van der Waals surface area (Å²) in [6.45, 7) is 6.02. The molecule has 1 heterocycles. The van der Waals surface area contributed by atoms with E-state index in [1.165, 1.54) is 70.3 Å². The van der Waals surface area contributed by atoms with Crippen molar-refractivity contribution in [3.8, 4) is 0 Å². The van der Waals surface area contributed by atoms with Crippen molar-refractivity contribution in [2.75, 3.05) is 26.2 Å². The first-order valence-corrected chi connectivity index (χ1v) is 9.14. The Kier molecular flexibility index (Phi) is 5.62. The number of hydrogen-bond donors (Lipinski definition) is 2.